The van der Waals surface area contributed by atoms with Gasteiger partial charge in [-0.05, 0) is 67.7 Å². The van der Waals surface area contributed by atoms with Gasteiger partial charge in [0.1, 0.15) is 5.82 Å². The molecule has 0 bridgehead atoms. The van der Waals surface area contributed by atoms with E-state index in [-0.39, 0.29) is 17.6 Å². The highest BCUT2D eigenvalue weighted by Crippen LogP contribution is 2.26. The average molecular weight is 468 g/mol. The van der Waals surface area contributed by atoms with Crippen LogP contribution in [-0.4, -0.2) is 35.4 Å². The van der Waals surface area contributed by atoms with Crippen LogP contribution < -0.4 is 5.32 Å². The van der Waals surface area contributed by atoms with Crippen molar-refractivity contribution in [2.24, 2.45) is 5.92 Å². The third kappa shape index (κ3) is 5.75. The number of nitrogens with zero attached hydrogens (tertiary/aromatic N) is 2. The number of rotatable bonds is 7. The van der Waals surface area contributed by atoms with Gasteiger partial charge in [-0.15, -0.1) is 0 Å². The van der Waals surface area contributed by atoms with Crippen molar-refractivity contribution in [1.82, 2.24) is 15.2 Å². The highest BCUT2D eigenvalue weighted by molar-refractivity contribution is 5.81. The maximum Gasteiger partial charge on any atom is 0.224 e. The number of aromatic nitrogens is 1. The zero-order chi connectivity index (χ0) is 24.0. The number of carbonyl (C=O) groups is 1. The van der Waals surface area contributed by atoms with Crippen LogP contribution in [0.1, 0.15) is 35.7 Å². The third-order valence-electron chi connectivity index (χ3n) is 6.92. The van der Waals surface area contributed by atoms with Gasteiger partial charge in [-0.3, -0.25) is 9.78 Å². The van der Waals surface area contributed by atoms with Crippen LogP contribution in [0.25, 0.3) is 10.9 Å². The molecule has 4 nitrogen and oxygen atoms in total. The van der Waals surface area contributed by atoms with Gasteiger partial charge in [0.15, 0.2) is 0 Å². The Morgan fingerprint density at radius 2 is 1.63 bits per heavy atom. The Kier molecular flexibility index (Phi) is 7.15. The number of fused-ring (bicyclic) bond motifs is 1. The van der Waals surface area contributed by atoms with Gasteiger partial charge in [-0.2, -0.15) is 0 Å². The number of hydrogen-bond donors (Lipinski definition) is 1. The van der Waals surface area contributed by atoms with Crippen LogP contribution in [0.5, 0.6) is 0 Å². The Bertz CT molecular complexity index is 1270. The summed E-state index contributed by atoms with van der Waals surface area (Å²) in [6.07, 6.45) is 2.70. The quantitative estimate of drug-likeness (QED) is 0.389. The highest BCUT2D eigenvalue weighted by atomic mass is 19.1. The molecule has 1 aromatic heterocycles. The molecule has 178 valence electrons. The molecule has 1 atom stereocenters. The largest absolute Gasteiger partial charge is 0.343 e. The Hall–Kier alpha value is -3.57. The van der Waals surface area contributed by atoms with Crippen molar-refractivity contribution in [2.75, 3.05) is 19.6 Å². The van der Waals surface area contributed by atoms with E-state index in [1.165, 1.54) is 17.7 Å². The molecule has 3 aromatic carbocycles. The molecular formula is C30H30FN3O. The number of likely N-dealkylation sites (tertiary alicyclic amines) is 1. The molecule has 5 heteroatoms. The lowest BCUT2D eigenvalue weighted by atomic mass is 9.94. The van der Waals surface area contributed by atoms with Crippen LogP contribution >= 0.6 is 0 Å². The number of carbonyl (C=O) groups excluding carboxylic acids is 1. The van der Waals surface area contributed by atoms with Crippen molar-refractivity contribution in [3.63, 3.8) is 0 Å². The lowest BCUT2D eigenvalue weighted by molar-refractivity contribution is -0.127. The molecule has 35 heavy (non-hydrogen) atoms. The first kappa shape index (κ1) is 23.2. The standard InChI is InChI=1S/C30H30FN3O/c31-26-13-10-24(11-14-26)29(28-15-12-23-8-4-5-9-27(23)32-28)33-30(35)25-17-20-34(21-18-25)19-16-22-6-2-1-3-7-22/h1-15,25,29H,16-21H2,(H,33,35). The first-order valence-electron chi connectivity index (χ1n) is 12.3. The van der Waals surface area contributed by atoms with E-state index < -0.39 is 6.04 Å². The van der Waals surface area contributed by atoms with Crippen molar-refractivity contribution < 1.29 is 9.18 Å². The van der Waals surface area contributed by atoms with E-state index in [1.807, 2.05) is 42.5 Å². The minimum atomic E-state index is -0.427. The van der Waals surface area contributed by atoms with Crippen molar-refractivity contribution in [3.05, 3.63) is 114 Å². The molecule has 0 aliphatic carbocycles. The summed E-state index contributed by atoms with van der Waals surface area (Å²) in [4.78, 5) is 20.6. The molecule has 2 heterocycles. The Morgan fingerprint density at radius 1 is 0.914 bits per heavy atom. The summed E-state index contributed by atoms with van der Waals surface area (Å²) in [5.74, 6) is -0.295. The van der Waals surface area contributed by atoms with E-state index in [1.54, 1.807) is 12.1 Å². The van der Waals surface area contributed by atoms with Gasteiger partial charge >= 0.3 is 0 Å². The summed E-state index contributed by atoms with van der Waals surface area (Å²) < 4.78 is 13.6. The summed E-state index contributed by atoms with van der Waals surface area (Å²) in [5.41, 5.74) is 3.79. The van der Waals surface area contributed by atoms with E-state index in [0.717, 1.165) is 61.1 Å². The Balaban J connectivity index is 1.26. The molecule has 5 rings (SSSR count). The van der Waals surface area contributed by atoms with Crippen LogP contribution in [0.15, 0.2) is 91.0 Å². The minimum absolute atomic E-state index is 0.0358. The minimum Gasteiger partial charge on any atom is -0.343 e. The zero-order valence-electron chi connectivity index (χ0n) is 19.7. The van der Waals surface area contributed by atoms with E-state index >= 15 is 0 Å². The lowest BCUT2D eigenvalue weighted by Gasteiger charge is -2.32. The molecule has 0 saturated carbocycles. The number of pyridine rings is 1. The molecule has 4 aromatic rings. The fourth-order valence-corrected chi connectivity index (χ4v) is 4.84. The van der Waals surface area contributed by atoms with Gasteiger partial charge in [-0.25, -0.2) is 4.39 Å². The second kappa shape index (κ2) is 10.8. The van der Waals surface area contributed by atoms with Gasteiger partial charge in [0.05, 0.1) is 17.3 Å². The second-order valence-corrected chi connectivity index (χ2v) is 9.27. The summed E-state index contributed by atoms with van der Waals surface area (Å²) in [6.45, 7) is 2.85. The number of amides is 1. The maximum absolute atomic E-state index is 13.6. The maximum atomic E-state index is 13.6. The average Bonchev–Trinajstić information content (AvgIpc) is 2.91. The number of para-hydroxylation sites is 1. The second-order valence-electron chi connectivity index (χ2n) is 9.27. The monoisotopic (exact) mass is 467 g/mol. The molecule has 1 saturated heterocycles. The number of piperidine rings is 1. The van der Waals surface area contributed by atoms with Gasteiger partial charge in [-0.1, -0.05) is 66.7 Å². The van der Waals surface area contributed by atoms with Gasteiger partial charge in [0.25, 0.3) is 0 Å². The first-order valence-corrected chi connectivity index (χ1v) is 12.3. The topological polar surface area (TPSA) is 45.2 Å². The highest BCUT2D eigenvalue weighted by Gasteiger charge is 2.28. The van der Waals surface area contributed by atoms with Crippen LogP contribution in [0, 0.1) is 11.7 Å². The number of benzene rings is 3. The summed E-state index contributed by atoms with van der Waals surface area (Å²) in [7, 11) is 0. The van der Waals surface area contributed by atoms with Crippen LogP contribution in [0.4, 0.5) is 4.39 Å². The summed E-state index contributed by atoms with van der Waals surface area (Å²) >= 11 is 0. The number of hydrogen-bond acceptors (Lipinski definition) is 3. The van der Waals surface area contributed by atoms with Crippen molar-refractivity contribution in [3.8, 4) is 0 Å². The molecule has 1 unspecified atom stereocenters. The third-order valence-corrected chi connectivity index (χ3v) is 6.92. The van der Waals surface area contributed by atoms with Gasteiger partial charge < -0.3 is 10.2 Å². The molecular weight excluding hydrogens is 437 g/mol. The van der Waals surface area contributed by atoms with E-state index in [2.05, 4.69) is 34.5 Å². The molecule has 1 aliphatic heterocycles. The lowest BCUT2D eigenvalue weighted by Crippen LogP contribution is -2.42. The summed E-state index contributed by atoms with van der Waals surface area (Å²) in [6, 6.07) is 28.3. The van der Waals surface area contributed by atoms with E-state index in [0.29, 0.717) is 0 Å². The molecule has 1 N–H and O–H groups in total. The molecule has 0 radical (unpaired) electrons. The number of nitrogens with one attached hydrogen (secondary N) is 1. The Morgan fingerprint density at radius 3 is 2.40 bits per heavy atom. The fraction of sp³-hybridized carbons (Fsp3) is 0.267. The predicted molar refractivity (Wildman–Crippen MR) is 137 cm³/mol. The van der Waals surface area contributed by atoms with Crippen molar-refractivity contribution in [2.45, 2.75) is 25.3 Å². The molecule has 1 amide bonds. The van der Waals surface area contributed by atoms with E-state index in [4.69, 9.17) is 4.98 Å². The zero-order valence-corrected chi connectivity index (χ0v) is 19.7. The van der Waals surface area contributed by atoms with Gasteiger partial charge in [0.2, 0.25) is 5.91 Å². The van der Waals surface area contributed by atoms with Crippen LogP contribution in [0.3, 0.4) is 0 Å². The Labute approximate surface area is 205 Å². The van der Waals surface area contributed by atoms with Gasteiger partial charge in [0, 0.05) is 17.8 Å². The SMILES string of the molecule is O=C(NC(c1ccc(F)cc1)c1ccc2ccccc2n1)C1CCN(CCc2ccccc2)CC1. The smallest absolute Gasteiger partial charge is 0.224 e. The van der Waals surface area contributed by atoms with E-state index in [9.17, 15) is 9.18 Å². The van der Waals surface area contributed by atoms with Crippen LogP contribution in [-0.2, 0) is 11.2 Å². The fourth-order valence-electron chi connectivity index (χ4n) is 4.84. The molecule has 1 fully saturated rings. The number of halogens is 1. The van der Waals surface area contributed by atoms with Crippen molar-refractivity contribution in [1.29, 1.82) is 0 Å². The van der Waals surface area contributed by atoms with Crippen molar-refractivity contribution >= 4 is 16.8 Å². The molecule has 0 spiro atoms. The predicted octanol–water partition coefficient (Wildman–Crippen LogP) is 5.53. The summed E-state index contributed by atoms with van der Waals surface area (Å²) in [5, 5.41) is 4.28. The molecule has 1 aliphatic rings. The normalized spacial score (nSPS) is 15.7. The van der Waals surface area contributed by atoms with Crippen LogP contribution in [0.2, 0.25) is 0 Å². The first-order chi connectivity index (χ1) is 17.2.